The molecule has 0 radical (unpaired) electrons. The van der Waals surface area contributed by atoms with Gasteiger partial charge in [-0.05, 0) is 6.42 Å². The van der Waals surface area contributed by atoms with Crippen molar-refractivity contribution in [3.63, 3.8) is 0 Å². The van der Waals surface area contributed by atoms with Crippen molar-refractivity contribution in [3.8, 4) is 0 Å². The van der Waals surface area contributed by atoms with Gasteiger partial charge in [0.25, 0.3) is 0 Å². The van der Waals surface area contributed by atoms with E-state index in [1.807, 2.05) is 0 Å². The van der Waals surface area contributed by atoms with Gasteiger partial charge in [-0.3, -0.25) is 4.79 Å². The van der Waals surface area contributed by atoms with E-state index in [0.29, 0.717) is 12.8 Å². The van der Waals surface area contributed by atoms with Crippen LogP contribution in [0.25, 0.3) is 0 Å². The van der Waals surface area contributed by atoms with E-state index in [2.05, 4.69) is 0 Å². The number of aliphatic carboxylic acids is 1. The van der Waals surface area contributed by atoms with Gasteiger partial charge < -0.3 is 9.84 Å². The van der Waals surface area contributed by atoms with Gasteiger partial charge in [-0.1, -0.05) is 0 Å². The molecule has 0 saturated carbocycles. The number of Topliss-reactive ketones (excluding diaryl/α,β-unsaturated/α-hetero) is 1. The first-order valence-corrected chi connectivity index (χ1v) is 3.06. The number of rotatable bonds is 1. The smallest absolute Gasteiger partial charge is 0.332 e. The van der Waals surface area contributed by atoms with Crippen LogP contribution < -0.4 is 0 Å². The maximum absolute atomic E-state index is 10.5. The third-order valence-electron chi connectivity index (χ3n) is 1.41. The molecule has 0 amide bonds. The molecular weight excluding hydrogens is 136 g/mol. The second-order valence-electron chi connectivity index (χ2n) is 2.22. The number of ketones is 1. The summed E-state index contributed by atoms with van der Waals surface area (Å²) in [7, 11) is 0. The van der Waals surface area contributed by atoms with E-state index in [0.717, 1.165) is 0 Å². The summed E-state index contributed by atoms with van der Waals surface area (Å²) in [5, 5.41) is 8.39. The monoisotopic (exact) mass is 144 g/mol. The van der Waals surface area contributed by atoms with Crippen LogP contribution in [0.3, 0.4) is 0 Å². The average molecular weight is 144 g/mol. The third kappa shape index (κ3) is 1.54. The number of carboxylic acids is 1. The van der Waals surface area contributed by atoms with Crippen molar-refractivity contribution >= 4 is 11.8 Å². The summed E-state index contributed by atoms with van der Waals surface area (Å²) in [5.74, 6) is -0.995. The molecule has 1 rings (SSSR count). The Morgan fingerprint density at radius 3 is 2.80 bits per heavy atom. The number of hydrogen-bond acceptors (Lipinski definition) is 3. The molecule has 56 valence electrons. The Morgan fingerprint density at radius 2 is 2.40 bits per heavy atom. The predicted molar refractivity (Wildman–Crippen MR) is 31.6 cm³/mol. The molecule has 0 spiro atoms. The minimum atomic E-state index is -0.979. The molecule has 0 bridgehead atoms. The second kappa shape index (κ2) is 2.79. The molecule has 0 aromatic rings. The Balaban J connectivity index is 2.40. The van der Waals surface area contributed by atoms with Crippen molar-refractivity contribution in [1.29, 1.82) is 0 Å². The minimum Gasteiger partial charge on any atom is -0.479 e. The standard InChI is InChI=1S/C6H8O4/c7-4-1-2-5(6(8)9)10-3-4/h5H,1-3H2,(H,8,9)/t5-/m0/s1. The van der Waals surface area contributed by atoms with Gasteiger partial charge in [0.1, 0.15) is 6.61 Å². The van der Waals surface area contributed by atoms with E-state index < -0.39 is 12.1 Å². The van der Waals surface area contributed by atoms with E-state index in [1.165, 1.54) is 0 Å². The number of carbonyl (C=O) groups excluding carboxylic acids is 1. The highest BCUT2D eigenvalue weighted by Gasteiger charge is 2.24. The summed E-state index contributed by atoms with van der Waals surface area (Å²) in [6.45, 7) is -0.0447. The average Bonchev–Trinajstić information content (AvgIpc) is 1.88. The molecule has 1 atom stereocenters. The molecule has 10 heavy (non-hydrogen) atoms. The van der Waals surface area contributed by atoms with E-state index >= 15 is 0 Å². The quantitative estimate of drug-likeness (QED) is 0.554. The lowest BCUT2D eigenvalue weighted by molar-refractivity contribution is -0.156. The van der Waals surface area contributed by atoms with Gasteiger partial charge >= 0.3 is 5.97 Å². The first-order valence-electron chi connectivity index (χ1n) is 3.06. The highest BCUT2D eigenvalue weighted by Crippen LogP contribution is 2.09. The molecule has 4 heteroatoms. The Bertz CT molecular complexity index is 153. The summed E-state index contributed by atoms with van der Waals surface area (Å²) in [6, 6.07) is 0. The molecule has 1 saturated heterocycles. The van der Waals surface area contributed by atoms with Crippen LogP contribution in [0.4, 0.5) is 0 Å². The lowest BCUT2D eigenvalue weighted by Crippen LogP contribution is -2.32. The minimum absolute atomic E-state index is 0.0162. The zero-order chi connectivity index (χ0) is 7.56. The van der Waals surface area contributed by atoms with Crippen molar-refractivity contribution in [3.05, 3.63) is 0 Å². The Labute approximate surface area is 57.8 Å². The molecule has 1 N–H and O–H groups in total. The van der Waals surface area contributed by atoms with E-state index in [-0.39, 0.29) is 12.4 Å². The summed E-state index contributed by atoms with van der Waals surface area (Å²) < 4.78 is 4.70. The summed E-state index contributed by atoms with van der Waals surface area (Å²) in [5.41, 5.74) is 0. The molecule has 4 nitrogen and oxygen atoms in total. The zero-order valence-corrected chi connectivity index (χ0v) is 5.37. The normalized spacial score (nSPS) is 26.4. The largest absolute Gasteiger partial charge is 0.479 e. The second-order valence-corrected chi connectivity index (χ2v) is 2.22. The van der Waals surface area contributed by atoms with Crippen LogP contribution in [0, 0.1) is 0 Å². The highest BCUT2D eigenvalue weighted by atomic mass is 16.5. The van der Waals surface area contributed by atoms with Crippen molar-refractivity contribution in [2.75, 3.05) is 6.61 Å². The maximum Gasteiger partial charge on any atom is 0.332 e. The first kappa shape index (κ1) is 7.21. The van der Waals surface area contributed by atoms with Gasteiger partial charge in [-0.15, -0.1) is 0 Å². The molecule has 1 aliphatic heterocycles. The lowest BCUT2D eigenvalue weighted by Gasteiger charge is -2.16. The van der Waals surface area contributed by atoms with Gasteiger partial charge in [0.2, 0.25) is 0 Å². The van der Waals surface area contributed by atoms with Gasteiger partial charge in [0.05, 0.1) is 0 Å². The van der Waals surface area contributed by atoms with Crippen molar-refractivity contribution in [1.82, 2.24) is 0 Å². The lowest BCUT2D eigenvalue weighted by atomic mass is 10.1. The van der Waals surface area contributed by atoms with Gasteiger partial charge in [-0.25, -0.2) is 4.79 Å². The molecule has 0 unspecified atom stereocenters. The van der Waals surface area contributed by atoms with Gasteiger partial charge in [0.15, 0.2) is 11.9 Å². The van der Waals surface area contributed by atoms with E-state index in [9.17, 15) is 9.59 Å². The highest BCUT2D eigenvalue weighted by molar-refractivity contribution is 5.82. The van der Waals surface area contributed by atoms with Crippen LogP contribution in [0.15, 0.2) is 0 Å². The summed E-state index contributed by atoms with van der Waals surface area (Å²) in [6.07, 6.45) is -0.122. The molecule has 1 fully saturated rings. The summed E-state index contributed by atoms with van der Waals surface area (Å²) >= 11 is 0. The number of hydrogen-bond donors (Lipinski definition) is 1. The van der Waals surface area contributed by atoms with Crippen molar-refractivity contribution in [2.24, 2.45) is 0 Å². The van der Waals surface area contributed by atoms with E-state index in [1.54, 1.807) is 0 Å². The Hall–Kier alpha value is -0.900. The van der Waals surface area contributed by atoms with Crippen LogP contribution in [0.2, 0.25) is 0 Å². The van der Waals surface area contributed by atoms with Gasteiger partial charge in [-0.2, -0.15) is 0 Å². The number of carboxylic acid groups (broad SMARTS) is 1. The predicted octanol–water partition coefficient (Wildman–Crippen LogP) is -0.181. The number of ether oxygens (including phenoxy) is 1. The molecule has 1 aliphatic rings. The fourth-order valence-electron chi connectivity index (χ4n) is 0.836. The molecule has 0 aromatic heterocycles. The Kier molecular flexibility index (Phi) is 2.01. The van der Waals surface area contributed by atoms with Crippen LogP contribution in [0.1, 0.15) is 12.8 Å². The molecule has 1 heterocycles. The Morgan fingerprint density at radius 1 is 1.70 bits per heavy atom. The summed E-state index contributed by atoms with van der Waals surface area (Å²) in [4.78, 5) is 20.7. The molecular formula is C6H8O4. The van der Waals surface area contributed by atoms with Crippen LogP contribution in [-0.4, -0.2) is 29.6 Å². The van der Waals surface area contributed by atoms with Gasteiger partial charge in [0, 0.05) is 6.42 Å². The fourth-order valence-corrected chi connectivity index (χ4v) is 0.836. The topological polar surface area (TPSA) is 63.6 Å². The fraction of sp³-hybridized carbons (Fsp3) is 0.667. The zero-order valence-electron chi connectivity index (χ0n) is 5.37. The van der Waals surface area contributed by atoms with Crippen LogP contribution in [-0.2, 0) is 14.3 Å². The number of carbonyl (C=O) groups is 2. The molecule has 0 aromatic carbocycles. The van der Waals surface area contributed by atoms with Crippen LogP contribution >= 0.6 is 0 Å². The van der Waals surface area contributed by atoms with Crippen molar-refractivity contribution in [2.45, 2.75) is 18.9 Å². The van der Waals surface area contributed by atoms with Crippen LogP contribution in [0.5, 0.6) is 0 Å². The first-order chi connectivity index (χ1) is 4.70. The third-order valence-corrected chi connectivity index (χ3v) is 1.41. The maximum atomic E-state index is 10.5. The van der Waals surface area contributed by atoms with E-state index in [4.69, 9.17) is 9.84 Å². The molecule has 0 aliphatic carbocycles. The SMILES string of the molecule is O=C1CC[C@@H](C(=O)O)OC1. The van der Waals surface area contributed by atoms with Crippen molar-refractivity contribution < 1.29 is 19.4 Å².